The van der Waals surface area contributed by atoms with Gasteiger partial charge in [0.2, 0.25) is 0 Å². The van der Waals surface area contributed by atoms with E-state index in [1.165, 1.54) is 18.5 Å². The maximum atomic E-state index is 11.9. The van der Waals surface area contributed by atoms with Crippen molar-refractivity contribution < 1.29 is 9.53 Å². The molecule has 2 heterocycles. The van der Waals surface area contributed by atoms with Gasteiger partial charge in [-0.05, 0) is 49.9 Å². The van der Waals surface area contributed by atoms with Crippen LogP contribution in [0.2, 0.25) is 0 Å². The Balaban J connectivity index is 1.46. The van der Waals surface area contributed by atoms with Crippen molar-refractivity contribution in [3.05, 3.63) is 29.8 Å². The van der Waals surface area contributed by atoms with Crippen molar-refractivity contribution in [2.45, 2.75) is 37.8 Å². The average molecular weight is 331 g/mol. The maximum absolute atomic E-state index is 11.9. The lowest BCUT2D eigenvalue weighted by atomic mass is 10.0. The number of nitrogens with one attached hydrogen (secondary N) is 1. The second-order valence-electron chi connectivity index (χ2n) is 7.05. The highest BCUT2D eigenvalue weighted by atomic mass is 16.5. The fourth-order valence-corrected chi connectivity index (χ4v) is 3.52. The molecule has 132 valence electrons. The minimum atomic E-state index is 0.0542. The number of carbonyl (C=O) groups excluding carboxylic acids is 1. The molecule has 1 aromatic carbocycles. The van der Waals surface area contributed by atoms with Crippen LogP contribution in [0, 0.1) is 0 Å². The highest BCUT2D eigenvalue weighted by Crippen LogP contribution is 2.21. The molecule has 1 amide bonds. The molecule has 0 saturated carbocycles. The maximum Gasteiger partial charge on any atom is 0.253 e. The first-order valence-electron chi connectivity index (χ1n) is 9.05. The van der Waals surface area contributed by atoms with Crippen LogP contribution in [0.25, 0.3) is 0 Å². The molecule has 24 heavy (non-hydrogen) atoms. The van der Waals surface area contributed by atoms with Crippen LogP contribution in [0.3, 0.4) is 0 Å². The summed E-state index contributed by atoms with van der Waals surface area (Å²) in [6.45, 7) is 4.04. The largest absolute Gasteiger partial charge is 0.377 e. The molecule has 3 rings (SSSR count). The molecule has 2 saturated heterocycles. The van der Waals surface area contributed by atoms with E-state index in [0.29, 0.717) is 12.1 Å². The van der Waals surface area contributed by atoms with Gasteiger partial charge in [0, 0.05) is 57.6 Å². The summed E-state index contributed by atoms with van der Waals surface area (Å²) in [5, 5.41) is 3.67. The molecule has 5 heteroatoms. The standard InChI is InChI=1S/C19H29N3O2/c1-21(2)19(23)15-5-7-17(8-6-15)22-11-9-16(10-12-22)20-14-18-4-3-13-24-18/h5-8,16,18,20H,3-4,9-14H2,1-2H3/t18-/m0/s1. The van der Waals surface area contributed by atoms with Gasteiger partial charge in [0.25, 0.3) is 5.91 Å². The minimum absolute atomic E-state index is 0.0542. The Morgan fingerprint density at radius 3 is 2.50 bits per heavy atom. The van der Waals surface area contributed by atoms with Crippen LogP contribution in [-0.4, -0.2) is 63.3 Å². The fraction of sp³-hybridized carbons (Fsp3) is 0.632. The molecule has 0 radical (unpaired) electrons. The molecular formula is C19H29N3O2. The molecule has 0 aromatic heterocycles. The molecular weight excluding hydrogens is 302 g/mol. The van der Waals surface area contributed by atoms with Crippen LogP contribution < -0.4 is 10.2 Å². The third-order valence-corrected chi connectivity index (χ3v) is 5.04. The smallest absolute Gasteiger partial charge is 0.253 e. The molecule has 2 aliphatic rings. The Kier molecular flexibility index (Phi) is 5.74. The molecule has 0 unspecified atom stereocenters. The van der Waals surface area contributed by atoms with E-state index in [1.807, 2.05) is 12.1 Å². The van der Waals surface area contributed by atoms with Gasteiger partial charge in [-0.25, -0.2) is 0 Å². The third kappa shape index (κ3) is 4.28. The molecule has 2 fully saturated rings. The van der Waals surface area contributed by atoms with Gasteiger partial charge in [0.1, 0.15) is 0 Å². The number of rotatable bonds is 5. The molecule has 1 aromatic rings. The van der Waals surface area contributed by atoms with Crippen LogP contribution in [0.1, 0.15) is 36.0 Å². The van der Waals surface area contributed by atoms with Gasteiger partial charge in [-0.15, -0.1) is 0 Å². The number of carbonyl (C=O) groups is 1. The Morgan fingerprint density at radius 2 is 1.92 bits per heavy atom. The van der Waals surface area contributed by atoms with Crippen molar-refractivity contribution in [1.29, 1.82) is 0 Å². The zero-order valence-corrected chi connectivity index (χ0v) is 14.8. The van der Waals surface area contributed by atoms with Crippen molar-refractivity contribution in [3.8, 4) is 0 Å². The van der Waals surface area contributed by atoms with Crippen LogP contribution in [0.15, 0.2) is 24.3 Å². The van der Waals surface area contributed by atoms with Crippen LogP contribution in [0.4, 0.5) is 5.69 Å². The number of hydrogen-bond donors (Lipinski definition) is 1. The Bertz CT molecular complexity index is 530. The second kappa shape index (κ2) is 7.99. The second-order valence-corrected chi connectivity index (χ2v) is 7.05. The first-order valence-corrected chi connectivity index (χ1v) is 9.05. The summed E-state index contributed by atoms with van der Waals surface area (Å²) in [5.41, 5.74) is 1.96. The Morgan fingerprint density at radius 1 is 1.21 bits per heavy atom. The van der Waals surface area contributed by atoms with Crippen molar-refractivity contribution in [1.82, 2.24) is 10.2 Å². The number of amides is 1. The van der Waals surface area contributed by atoms with E-state index in [1.54, 1.807) is 19.0 Å². The number of hydrogen-bond acceptors (Lipinski definition) is 4. The molecule has 1 N–H and O–H groups in total. The summed E-state index contributed by atoms with van der Waals surface area (Å²) in [5.74, 6) is 0.0542. The SMILES string of the molecule is CN(C)C(=O)c1ccc(N2CCC(NC[C@@H]3CCCO3)CC2)cc1. The predicted molar refractivity (Wildman–Crippen MR) is 96.7 cm³/mol. The molecule has 5 nitrogen and oxygen atoms in total. The number of benzene rings is 1. The first-order chi connectivity index (χ1) is 11.6. The third-order valence-electron chi connectivity index (χ3n) is 5.04. The highest BCUT2D eigenvalue weighted by molar-refractivity contribution is 5.94. The molecule has 0 bridgehead atoms. The number of nitrogens with zero attached hydrogens (tertiary/aromatic N) is 2. The minimum Gasteiger partial charge on any atom is -0.377 e. The zero-order chi connectivity index (χ0) is 16.9. The summed E-state index contributed by atoms with van der Waals surface area (Å²) in [6, 6.07) is 8.59. The van der Waals surface area contributed by atoms with Gasteiger partial charge in [0.15, 0.2) is 0 Å². The van der Waals surface area contributed by atoms with Gasteiger partial charge in [-0.2, -0.15) is 0 Å². The predicted octanol–water partition coefficient (Wildman–Crippen LogP) is 2.13. The van der Waals surface area contributed by atoms with Gasteiger partial charge in [-0.1, -0.05) is 0 Å². The van der Waals surface area contributed by atoms with E-state index < -0.39 is 0 Å². The van der Waals surface area contributed by atoms with E-state index in [9.17, 15) is 4.79 Å². The summed E-state index contributed by atoms with van der Waals surface area (Å²) in [4.78, 5) is 16.0. The topological polar surface area (TPSA) is 44.8 Å². The van der Waals surface area contributed by atoms with E-state index >= 15 is 0 Å². The highest BCUT2D eigenvalue weighted by Gasteiger charge is 2.22. The van der Waals surface area contributed by atoms with E-state index in [-0.39, 0.29) is 5.91 Å². The van der Waals surface area contributed by atoms with E-state index in [2.05, 4.69) is 22.3 Å². The van der Waals surface area contributed by atoms with E-state index in [0.717, 1.165) is 44.6 Å². The molecule has 0 spiro atoms. The van der Waals surface area contributed by atoms with Crippen molar-refractivity contribution in [2.24, 2.45) is 0 Å². The first kappa shape index (κ1) is 17.2. The van der Waals surface area contributed by atoms with Gasteiger partial charge in [-0.3, -0.25) is 4.79 Å². The summed E-state index contributed by atoms with van der Waals surface area (Å²) in [7, 11) is 3.56. The zero-order valence-electron chi connectivity index (χ0n) is 14.8. The van der Waals surface area contributed by atoms with Crippen LogP contribution >= 0.6 is 0 Å². The van der Waals surface area contributed by atoms with E-state index in [4.69, 9.17) is 4.74 Å². The molecule has 0 aliphatic carbocycles. The molecule has 2 aliphatic heterocycles. The number of piperidine rings is 1. The van der Waals surface area contributed by atoms with Crippen molar-refractivity contribution in [2.75, 3.05) is 45.2 Å². The normalized spacial score (nSPS) is 21.9. The Labute approximate surface area is 145 Å². The number of ether oxygens (including phenoxy) is 1. The van der Waals surface area contributed by atoms with Gasteiger partial charge in [0.05, 0.1) is 6.10 Å². The van der Waals surface area contributed by atoms with Crippen molar-refractivity contribution >= 4 is 11.6 Å². The van der Waals surface area contributed by atoms with Gasteiger partial charge >= 0.3 is 0 Å². The van der Waals surface area contributed by atoms with Gasteiger partial charge < -0.3 is 19.9 Å². The lowest BCUT2D eigenvalue weighted by molar-refractivity contribution is 0.0827. The van der Waals surface area contributed by atoms with Crippen LogP contribution in [0.5, 0.6) is 0 Å². The fourth-order valence-electron chi connectivity index (χ4n) is 3.52. The lowest BCUT2D eigenvalue weighted by Crippen LogP contribution is -2.44. The summed E-state index contributed by atoms with van der Waals surface area (Å²) < 4.78 is 5.68. The van der Waals surface area contributed by atoms with Crippen molar-refractivity contribution in [3.63, 3.8) is 0 Å². The quantitative estimate of drug-likeness (QED) is 0.898. The summed E-state index contributed by atoms with van der Waals surface area (Å²) in [6.07, 6.45) is 5.14. The molecule has 1 atom stereocenters. The summed E-state index contributed by atoms with van der Waals surface area (Å²) >= 11 is 0. The average Bonchev–Trinajstić information content (AvgIpc) is 3.13. The monoisotopic (exact) mass is 331 g/mol. The Hall–Kier alpha value is -1.59. The number of anilines is 1. The van der Waals surface area contributed by atoms with Crippen LogP contribution in [-0.2, 0) is 4.74 Å². The lowest BCUT2D eigenvalue weighted by Gasteiger charge is -2.34.